The van der Waals surface area contributed by atoms with Gasteiger partial charge >= 0.3 is 0 Å². The van der Waals surface area contributed by atoms with Gasteiger partial charge in [0.1, 0.15) is 0 Å². The number of hydrogen-bond donors (Lipinski definition) is 0. The van der Waals surface area contributed by atoms with Gasteiger partial charge in [-0.25, -0.2) is 0 Å². The molecular formula is C29H57ClN2. The summed E-state index contributed by atoms with van der Waals surface area (Å²) in [6.07, 6.45) is 33.4. The van der Waals surface area contributed by atoms with Crippen molar-refractivity contribution < 1.29 is 17.0 Å². The Morgan fingerprint density at radius 2 is 1.03 bits per heavy atom. The van der Waals surface area contributed by atoms with E-state index < -0.39 is 0 Å². The van der Waals surface area contributed by atoms with Gasteiger partial charge in [0.05, 0.1) is 26.2 Å². The molecule has 0 radical (unpaired) electrons. The van der Waals surface area contributed by atoms with Gasteiger partial charge in [0.2, 0.25) is 5.84 Å². The second-order valence-corrected chi connectivity index (χ2v) is 10.6. The maximum Gasteiger partial charge on any atom is 0.246 e. The van der Waals surface area contributed by atoms with E-state index in [0.717, 1.165) is 0 Å². The van der Waals surface area contributed by atoms with Crippen molar-refractivity contribution in [2.45, 2.75) is 155 Å². The van der Waals surface area contributed by atoms with Crippen LogP contribution in [0.2, 0.25) is 0 Å². The SMILES string of the molecule is CCCCCCCCCCCCCCCCCCCCN1CCC[N+]2=C1CCCCC2.[Cl-]. The number of hydrogen-bond acceptors (Lipinski definition) is 1. The van der Waals surface area contributed by atoms with Crippen LogP contribution in [0.25, 0.3) is 0 Å². The minimum atomic E-state index is 0. The predicted octanol–water partition coefficient (Wildman–Crippen LogP) is 5.72. The third-order valence-electron chi connectivity index (χ3n) is 7.70. The topological polar surface area (TPSA) is 6.25 Å². The molecule has 3 heteroatoms. The fraction of sp³-hybridized carbons (Fsp3) is 0.966. The number of nitrogens with zero attached hydrogens (tertiary/aromatic N) is 2. The molecular weight excluding hydrogens is 412 g/mol. The molecule has 0 saturated heterocycles. The molecule has 0 aromatic rings. The van der Waals surface area contributed by atoms with Crippen LogP contribution in [-0.4, -0.2) is 41.5 Å². The standard InChI is InChI=1S/C29H57N2.ClH/c1-2-3-4-5-6-7-8-9-10-11-12-13-14-15-16-17-18-21-25-30-27-23-28-31-26-22-19-20-24-29(30)31;/h2-28H2,1H3;1H/q+1;/p-1. The van der Waals surface area contributed by atoms with Gasteiger partial charge in [-0.1, -0.05) is 110 Å². The number of amidine groups is 1. The van der Waals surface area contributed by atoms with Gasteiger partial charge in [-0.2, -0.15) is 0 Å². The van der Waals surface area contributed by atoms with E-state index in [2.05, 4.69) is 16.4 Å². The fourth-order valence-electron chi connectivity index (χ4n) is 5.68. The second kappa shape index (κ2) is 21.3. The van der Waals surface area contributed by atoms with Crippen LogP contribution in [0, 0.1) is 0 Å². The van der Waals surface area contributed by atoms with Crippen LogP contribution in [0.4, 0.5) is 0 Å². The second-order valence-electron chi connectivity index (χ2n) is 10.6. The third kappa shape index (κ3) is 14.1. The van der Waals surface area contributed by atoms with Crippen molar-refractivity contribution in [2.75, 3.05) is 26.2 Å². The Hall–Kier alpha value is -0.240. The summed E-state index contributed by atoms with van der Waals surface area (Å²) < 4.78 is 2.71. The monoisotopic (exact) mass is 468 g/mol. The number of rotatable bonds is 19. The zero-order valence-corrected chi connectivity index (χ0v) is 22.6. The first-order valence-corrected chi connectivity index (χ1v) is 14.8. The summed E-state index contributed by atoms with van der Waals surface area (Å²) in [6.45, 7) is 7.60. The van der Waals surface area contributed by atoms with Gasteiger partial charge in [-0.15, -0.1) is 0 Å². The van der Waals surface area contributed by atoms with E-state index in [-0.39, 0.29) is 12.4 Å². The average molecular weight is 469 g/mol. The fourth-order valence-corrected chi connectivity index (χ4v) is 5.68. The maximum absolute atomic E-state index is 2.75. The van der Waals surface area contributed by atoms with Crippen LogP contribution >= 0.6 is 0 Å². The van der Waals surface area contributed by atoms with Crippen LogP contribution < -0.4 is 12.4 Å². The minimum absolute atomic E-state index is 0. The van der Waals surface area contributed by atoms with Crippen molar-refractivity contribution in [2.24, 2.45) is 0 Å². The average Bonchev–Trinajstić information content (AvgIpc) is 3.04. The summed E-state index contributed by atoms with van der Waals surface area (Å²) in [5, 5.41) is 0. The van der Waals surface area contributed by atoms with Crippen molar-refractivity contribution >= 4 is 5.84 Å². The minimum Gasteiger partial charge on any atom is -1.00 e. The lowest BCUT2D eigenvalue weighted by Crippen LogP contribution is -3.00. The number of unbranched alkanes of at least 4 members (excludes halogenated alkanes) is 17. The van der Waals surface area contributed by atoms with E-state index >= 15 is 0 Å². The molecule has 2 aliphatic rings. The normalized spacial score (nSPS) is 16.6. The molecule has 2 nitrogen and oxygen atoms in total. The Kier molecular flexibility index (Phi) is 19.8. The first-order chi connectivity index (χ1) is 15.4. The van der Waals surface area contributed by atoms with E-state index in [4.69, 9.17) is 0 Å². The molecule has 2 aliphatic heterocycles. The molecule has 0 aliphatic carbocycles. The highest BCUT2D eigenvalue weighted by Gasteiger charge is 2.27. The van der Waals surface area contributed by atoms with Crippen LogP contribution in [0.5, 0.6) is 0 Å². The highest BCUT2D eigenvalue weighted by atomic mass is 35.5. The first kappa shape index (κ1) is 29.8. The zero-order chi connectivity index (χ0) is 21.8. The van der Waals surface area contributed by atoms with Crippen LogP contribution in [0.15, 0.2) is 0 Å². The lowest BCUT2D eigenvalue weighted by molar-refractivity contribution is -0.539. The summed E-state index contributed by atoms with van der Waals surface area (Å²) in [7, 11) is 0. The van der Waals surface area contributed by atoms with E-state index in [1.54, 1.807) is 5.84 Å². The highest BCUT2D eigenvalue weighted by molar-refractivity contribution is 5.77. The lowest BCUT2D eigenvalue weighted by Gasteiger charge is -2.26. The van der Waals surface area contributed by atoms with Gasteiger partial charge in [0, 0.05) is 12.8 Å². The number of halogens is 1. The smallest absolute Gasteiger partial charge is 0.246 e. The Morgan fingerprint density at radius 1 is 0.562 bits per heavy atom. The van der Waals surface area contributed by atoms with Gasteiger partial charge in [-0.05, 0) is 32.1 Å². The Balaban J connectivity index is 0.00000512. The highest BCUT2D eigenvalue weighted by Crippen LogP contribution is 2.17. The zero-order valence-electron chi connectivity index (χ0n) is 21.9. The molecule has 0 N–H and O–H groups in total. The van der Waals surface area contributed by atoms with E-state index in [1.807, 2.05) is 0 Å². The molecule has 0 amide bonds. The molecule has 2 rings (SSSR count). The largest absolute Gasteiger partial charge is 1.00 e. The van der Waals surface area contributed by atoms with E-state index in [1.165, 1.54) is 174 Å². The van der Waals surface area contributed by atoms with Crippen LogP contribution in [0.1, 0.15) is 155 Å². The molecule has 0 saturated carbocycles. The van der Waals surface area contributed by atoms with Crippen molar-refractivity contribution in [3.05, 3.63) is 0 Å². The summed E-state index contributed by atoms with van der Waals surface area (Å²) in [4.78, 5) is 2.75. The predicted molar refractivity (Wildman–Crippen MR) is 138 cm³/mol. The Bertz CT molecular complexity index is 448. The van der Waals surface area contributed by atoms with Crippen LogP contribution in [-0.2, 0) is 0 Å². The molecule has 0 fully saturated rings. The van der Waals surface area contributed by atoms with Crippen molar-refractivity contribution in [3.63, 3.8) is 0 Å². The summed E-state index contributed by atoms with van der Waals surface area (Å²) >= 11 is 0. The molecule has 0 unspecified atom stereocenters. The molecule has 0 bridgehead atoms. The Morgan fingerprint density at radius 3 is 1.56 bits per heavy atom. The molecule has 190 valence electrons. The van der Waals surface area contributed by atoms with Crippen LogP contribution in [0.3, 0.4) is 0 Å². The molecule has 32 heavy (non-hydrogen) atoms. The first-order valence-electron chi connectivity index (χ1n) is 14.8. The van der Waals surface area contributed by atoms with Gasteiger partial charge in [0.25, 0.3) is 0 Å². The van der Waals surface area contributed by atoms with Crippen molar-refractivity contribution in [1.82, 2.24) is 4.90 Å². The lowest BCUT2D eigenvalue weighted by atomic mass is 10.0. The molecule has 0 spiro atoms. The quantitative estimate of drug-likeness (QED) is 0.173. The molecule has 0 aromatic carbocycles. The maximum atomic E-state index is 2.75. The summed E-state index contributed by atoms with van der Waals surface area (Å²) in [6, 6.07) is 0. The van der Waals surface area contributed by atoms with Gasteiger partial charge in [0.15, 0.2) is 0 Å². The van der Waals surface area contributed by atoms with Gasteiger partial charge in [-0.3, -0.25) is 9.48 Å². The van der Waals surface area contributed by atoms with E-state index in [9.17, 15) is 0 Å². The summed E-state index contributed by atoms with van der Waals surface area (Å²) in [5.41, 5.74) is 0. The third-order valence-corrected chi connectivity index (χ3v) is 7.70. The van der Waals surface area contributed by atoms with E-state index in [0.29, 0.717) is 0 Å². The van der Waals surface area contributed by atoms with Gasteiger partial charge < -0.3 is 12.4 Å². The molecule has 0 aromatic heterocycles. The summed E-state index contributed by atoms with van der Waals surface area (Å²) in [5.74, 6) is 1.70. The Labute approximate surface area is 208 Å². The van der Waals surface area contributed by atoms with Crippen molar-refractivity contribution in [3.8, 4) is 0 Å². The molecule has 0 atom stereocenters. The molecule has 2 heterocycles. The van der Waals surface area contributed by atoms with Crippen molar-refractivity contribution in [1.29, 1.82) is 0 Å².